The number of aromatic nitrogens is 1. The zero-order valence-corrected chi connectivity index (χ0v) is 6.83. The van der Waals surface area contributed by atoms with Crippen molar-refractivity contribution in [1.29, 1.82) is 0 Å². The number of aromatic hydroxyl groups is 1. The summed E-state index contributed by atoms with van der Waals surface area (Å²) in [7, 11) is 0. The normalized spacial score (nSPS) is 11.5. The largest absolute Gasteiger partial charge is 0.506 e. The molecule has 1 rings (SSSR count). The summed E-state index contributed by atoms with van der Waals surface area (Å²) in [6, 6.07) is 3.32. The first-order chi connectivity index (χ1) is 5.02. The molecule has 0 aliphatic rings. The van der Waals surface area contributed by atoms with Crippen LogP contribution in [0.2, 0.25) is 0 Å². The summed E-state index contributed by atoms with van der Waals surface area (Å²) in [5, 5.41) is 9.34. The van der Waals surface area contributed by atoms with Crippen molar-refractivity contribution in [3.05, 3.63) is 30.9 Å². The van der Waals surface area contributed by atoms with E-state index < -0.39 is 0 Å². The average molecular weight is 150 g/mol. The monoisotopic (exact) mass is 150 g/mol. The molecule has 0 aromatic carbocycles. The molecular formula is C9H12NO. The highest BCUT2D eigenvalue weighted by molar-refractivity contribution is 5.31. The van der Waals surface area contributed by atoms with Gasteiger partial charge >= 0.3 is 0 Å². The van der Waals surface area contributed by atoms with E-state index in [1.807, 2.05) is 13.8 Å². The Morgan fingerprint density at radius 2 is 2.18 bits per heavy atom. The average Bonchev–Trinajstić information content (AvgIpc) is 1.86. The lowest BCUT2D eigenvalue weighted by atomic mass is 9.91. The third kappa shape index (κ3) is 1.70. The summed E-state index contributed by atoms with van der Waals surface area (Å²) < 4.78 is 0. The zero-order chi connectivity index (χ0) is 8.48. The van der Waals surface area contributed by atoms with Gasteiger partial charge in [0.15, 0.2) is 0 Å². The van der Waals surface area contributed by atoms with E-state index in [0.717, 1.165) is 0 Å². The number of hydrogen-bond acceptors (Lipinski definition) is 2. The van der Waals surface area contributed by atoms with Crippen molar-refractivity contribution in [1.82, 2.24) is 4.98 Å². The standard InChI is InChI=1S/C9H12NO/c1-9(2,3)8-7(11)5-4-6-10-8/h4-6,11H,1H2,2-3H3. The molecule has 0 amide bonds. The van der Waals surface area contributed by atoms with E-state index >= 15 is 0 Å². The SMILES string of the molecule is [CH2]C(C)(C)c1ncccc1O. The topological polar surface area (TPSA) is 33.1 Å². The van der Waals surface area contributed by atoms with Crippen molar-refractivity contribution in [2.75, 3.05) is 0 Å². The van der Waals surface area contributed by atoms with Crippen molar-refractivity contribution in [3.8, 4) is 5.75 Å². The van der Waals surface area contributed by atoms with Crippen LogP contribution in [0.1, 0.15) is 19.5 Å². The number of hydrogen-bond donors (Lipinski definition) is 1. The molecule has 2 heteroatoms. The van der Waals surface area contributed by atoms with Crippen LogP contribution < -0.4 is 0 Å². The molecule has 59 valence electrons. The van der Waals surface area contributed by atoms with Gasteiger partial charge in [-0.2, -0.15) is 0 Å². The fourth-order valence-electron chi connectivity index (χ4n) is 0.918. The lowest BCUT2D eigenvalue weighted by molar-refractivity contribution is 0.448. The van der Waals surface area contributed by atoms with E-state index in [9.17, 15) is 5.11 Å². The molecule has 1 N–H and O–H groups in total. The Labute approximate surface area is 66.9 Å². The summed E-state index contributed by atoms with van der Waals surface area (Å²) in [6.07, 6.45) is 1.65. The van der Waals surface area contributed by atoms with Gasteiger partial charge in [0.1, 0.15) is 5.75 Å². The Morgan fingerprint density at radius 1 is 1.55 bits per heavy atom. The van der Waals surface area contributed by atoms with Crippen molar-refractivity contribution >= 4 is 0 Å². The van der Waals surface area contributed by atoms with Crippen LogP contribution >= 0.6 is 0 Å². The summed E-state index contributed by atoms with van der Waals surface area (Å²) in [5.74, 6) is 0.215. The van der Waals surface area contributed by atoms with Gasteiger partial charge in [-0.15, -0.1) is 0 Å². The first-order valence-electron chi connectivity index (χ1n) is 3.51. The fourth-order valence-corrected chi connectivity index (χ4v) is 0.918. The van der Waals surface area contributed by atoms with Crippen molar-refractivity contribution in [3.63, 3.8) is 0 Å². The van der Waals surface area contributed by atoms with Gasteiger partial charge in [0.25, 0.3) is 0 Å². The van der Waals surface area contributed by atoms with Gasteiger partial charge in [-0.05, 0) is 19.1 Å². The third-order valence-electron chi connectivity index (χ3n) is 1.43. The van der Waals surface area contributed by atoms with Crippen LogP contribution in [0.4, 0.5) is 0 Å². The number of rotatable bonds is 1. The maximum Gasteiger partial charge on any atom is 0.137 e. The molecule has 1 heterocycles. The molecule has 0 saturated heterocycles. The second-order valence-corrected chi connectivity index (χ2v) is 3.26. The van der Waals surface area contributed by atoms with Crippen LogP contribution in [-0.4, -0.2) is 10.1 Å². The molecule has 1 radical (unpaired) electrons. The molecule has 0 aliphatic carbocycles. The zero-order valence-electron chi connectivity index (χ0n) is 6.83. The highest BCUT2D eigenvalue weighted by Crippen LogP contribution is 2.26. The highest BCUT2D eigenvalue weighted by Gasteiger charge is 2.18. The molecule has 2 nitrogen and oxygen atoms in total. The smallest absolute Gasteiger partial charge is 0.137 e. The Bertz CT molecular complexity index is 250. The molecule has 0 atom stereocenters. The van der Waals surface area contributed by atoms with Gasteiger partial charge < -0.3 is 5.11 Å². The Hall–Kier alpha value is -1.05. The van der Waals surface area contributed by atoms with Crippen LogP contribution in [0.5, 0.6) is 5.75 Å². The van der Waals surface area contributed by atoms with Gasteiger partial charge in [0.2, 0.25) is 0 Å². The third-order valence-corrected chi connectivity index (χ3v) is 1.43. The van der Waals surface area contributed by atoms with Crippen molar-refractivity contribution < 1.29 is 5.11 Å². The predicted molar refractivity (Wildman–Crippen MR) is 44.3 cm³/mol. The minimum absolute atomic E-state index is 0.215. The molecule has 1 aromatic rings. The van der Waals surface area contributed by atoms with Gasteiger partial charge in [-0.25, -0.2) is 0 Å². The maximum absolute atomic E-state index is 9.34. The van der Waals surface area contributed by atoms with E-state index in [0.29, 0.717) is 5.69 Å². The summed E-state index contributed by atoms with van der Waals surface area (Å²) in [6.45, 7) is 7.70. The van der Waals surface area contributed by atoms with Crippen LogP contribution in [-0.2, 0) is 5.41 Å². The summed E-state index contributed by atoms with van der Waals surface area (Å²) >= 11 is 0. The van der Waals surface area contributed by atoms with Gasteiger partial charge in [-0.3, -0.25) is 4.98 Å². The fraction of sp³-hybridized carbons (Fsp3) is 0.333. The van der Waals surface area contributed by atoms with Crippen molar-refractivity contribution in [2.24, 2.45) is 0 Å². The van der Waals surface area contributed by atoms with Gasteiger partial charge in [-0.1, -0.05) is 13.8 Å². The molecule has 0 bridgehead atoms. The lowest BCUT2D eigenvalue weighted by Crippen LogP contribution is -2.13. The van der Waals surface area contributed by atoms with Gasteiger partial charge in [0.05, 0.1) is 5.69 Å². The molecule has 0 aliphatic heterocycles. The molecule has 1 aromatic heterocycles. The predicted octanol–water partition coefficient (Wildman–Crippen LogP) is 1.90. The van der Waals surface area contributed by atoms with Gasteiger partial charge in [0, 0.05) is 11.6 Å². The maximum atomic E-state index is 9.34. The van der Waals surface area contributed by atoms with Crippen LogP contribution in [0.3, 0.4) is 0 Å². The molecule has 11 heavy (non-hydrogen) atoms. The lowest BCUT2D eigenvalue weighted by Gasteiger charge is -2.17. The van der Waals surface area contributed by atoms with E-state index in [1.165, 1.54) is 0 Å². The second-order valence-electron chi connectivity index (χ2n) is 3.26. The Kier molecular flexibility index (Phi) is 1.85. The minimum Gasteiger partial charge on any atom is -0.506 e. The minimum atomic E-state index is -0.328. The van der Waals surface area contributed by atoms with E-state index in [1.54, 1.807) is 18.3 Å². The molecule has 0 saturated carbocycles. The second kappa shape index (κ2) is 2.53. The van der Waals surface area contributed by atoms with Crippen LogP contribution in [0.25, 0.3) is 0 Å². The first-order valence-corrected chi connectivity index (χ1v) is 3.51. The Morgan fingerprint density at radius 3 is 2.55 bits per heavy atom. The summed E-state index contributed by atoms with van der Waals surface area (Å²) in [4.78, 5) is 4.04. The molecule has 0 fully saturated rings. The van der Waals surface area contributed by atoms with E-state index in [-0.39, 0.29) is 11.2 Å². The quantitative estimate of drug-likeness (QED) is 0.663. The number of pyridine rings is 1. The number of nitrogens with zero attached hydrogens (tertiary/aromatic N) is 1. The van der Waals surface area contributed by atoms with Crippen LogP contribution in [0.15, 0.2) is 18.3 Å². The first kappa shape index (κ1) is 8.05. The molecular weight excluding hydrogens is 138 g/mol. The Balaban J connectivity index is 3.14. The molecule has 0 unspecified atom stereocenters. The van der Waals surface area contributed by atoms with Crippen molar-refractivity contribution in [2.45, 2.75) is 19.3 Å². The van der Waals surface area contributed by atoms with E-state index in [4.69, 9.17) is 0 Å². The van der Waals surface area contributed by atoms with Crippen LogP contribution in [0, 0.1) is 6.92 Å². The van der Waals surface area contributed by atoms with E-state index in [2.05, 4.69) is 11.9 Å². The summed E-state index contributed by atoms with van der Waals surface area (Å²) in [5.41, 5.74) is 0.311. The highest BCUT2D eigenvalue weighted by atomic mass is 16.3. The molecule has 0 spiro atoms.